The van der Waals surface area contributed by atoms with Gasteiger partial charge in [-0.05, 0) is 50.8 Å². The van der Waals surface area contributed by atoms with Crippen LogP contribution < -0.4 is 5.32 Å². The fraction of sp³-hybridized carbons (Fsp3) is 0.667. The van der Waals surface area contributed by atoms with Crippen molar-refractivity contribution in [2.45, 2.75) is 58.2 Å². The average Bonchev–Trinajstić information content (AvgIpc) is 2.25. The summed E-state index contributed by atoms with van der Waals surface area (Å²) in [4.78, 5) is 3.86. The maximum Gasteiger partial charge on any atom is 0.416 e. The van der Waals surface area contributed by atoms with E-state index >= 15 is 0 Å². The van der Waals surface area contributed by atoms with Crippen LogP contribution in [0.5, 0.6) is 0 Å². The molecule has 2 nitrogen and oxygen atoms in total. The molecule has 0 aromatic carbocycles. The summed E-state index contributed by atoms with van der Waals surface area (Å²) in [5.41, 5.74) is -0.966. The Morgan fingerprint density at radius 2 is 1.65 bits per heavy atom. The van der Waals surface area contributed by atoms with Gasteiger partial charge in [0.25, 0.3) is 0 Å². The molecule has 1 rings (SSSR count). The molecule has 20 heavy (non-hydrogen) atoms. The van der Waals surface area contributed by atoms with E-state index < -0.39 is 17.2 Å². The molecule has 1 aromatic rings. The van der Waals surface area contributed by atoms with Crippen molar-refractivity contribution < 1.29 is 13.2 Å². The van der Waals surface area contributed by atoms with E-state index in [4.69, 9.17) is 0 Å². The van der Waals surface area contributed by atoms with E-state index in [-0.39, 0.29) is 11.1 Å². The number of halogens is 3. The fourth-order valence-corrected chi connectivity index (χ4v) is 2.07. The number of hydrogen-bond donors (Lipinski definition) is 1. The molecule has 0 fully saturated rings. The molecule has 0 atom stereocenters. The Morgan fingerprint density at radius 1 is 1.05 bits per heavy atom. The highest BCUT2D eigenvalue weighted by atomic mass is 19.4. The number of aromatic nitrogens is 1. The van der Waals surface area contributed by atoms with Gasteiger partial charge in [0.05, 0.1) is 5.56 Å². The molecule has 0 spiro atoms. The first-order valence-corrected chi connectivity index (χ1v) is 6.70. The van der Waals surface area contributed by atoms with Crippen molar-refractivity contribution in [3.05, 3.63) is 29.6 Å². The number of pyridine rings is 1. The minimum absolute atomic E-state index is 0.0438. The van der Waals surface area contributed by atoms with Crippen LogP contribution in [-0.2, 0) is 11.6 Å². The van der Waals surface area contributed by atoms with E-state index in [9.17, 15) is 13.2 Å². The van der Waals surface area contributed by atoms with Gasteiger partial charge in [0.2, 0.25) is 0 Å². The maximum atomic E-state index is 13.0. The Labute approximate surface area is 118 Å². The monoisotopic (exact) mass is 288 g/mol. The van der Waals surface area contributed by atoms with Gasteiger partial charge in [-0.25, -0.2) is 0 Å². The minimum atomic E-state index is -4.34. The molecule has 0 saturated heterocycles. The Bertz CT molecular complexity index is 445. The fourth-order valence-electron chi connectivity index (χ4n) is 2.07. The third-order valence-corrected chi connectivity index (χ3v) is 3.26. The van der Waals surface area contributed by atoms with Crippen LogP contribution in [0, 0.1) is 0 Å². The molecule has 114 valence electrons. The zero-order valence-corrected chi connectivity index (χ0v) is 12.7. The Kier molecular flexibility index (Phi) is 4.85. The van der Waals surface area contributed by atoms with Gasteiger partial charge >= 0.3 is 6.18 Å². The molecule has 0 aliphatic rings. The van der Waals surface area contributed by atoms with E-state index in [1.165, 1.54) is 12.4 Å². The lowest BCUT2D eigenvalue weighted by atomic mass is 9.79. The Hall–Kier alpha value is -1.10. The van der Waals surface area contributed by atoms with Crippen molar-refractivity contribution in [2.24, 2.45) is 0 Å². The summed E-state index contributed by atoms with van der Waals surface area (Å²) in [6.07, 6.45) is -1.21. The quantitative estimate of drug-likeness (QED) is 0.900. The summed E-state index contributed by atoms with van der Waals surface area (Å²) in [5.74, 6) is 0. The molecule has 0 saturated carbocycles. The summed E-state index contributed by atoms with van der Waals surface area (Å²) in [7, 11) is 0. The van der Waals surface area contributed by atoms with Crippen molar-refractivity contribution >= 4 is 0 Å². The molecule has 0 radical (unpaired) electrons. The topological polar surface area (TPSA) is 24.9 Å². The zero-order valence-electron chi connectivity index (χ0n) is 12.7. The second kappa shape index (κ2) is 5.72. The van der Waals surface area contributed by atoms with Crippen LogP contribution in [0.15, 0.2) is 18.5 Å². The van der Waals surface area contributed by atoms with E-state index in [0.717, 1.165) is 6.07 Å². The van der Waals surface area contributed by atoms with Gasteiger partial charge in [-0.1, -0.05) is 13.8 Å². The molecule has 0 aliphatic carbocycles. The van der Waals surface area contributed by atoms with Crippen molar-refractivity contribution in [1.29, 1.82) is 0 Å². The lowest BCUT2D eigenvalue weighted by Gasteiger charge is -2.30. The first-order valence-electron chi connectivity index (χ1n) is 6.70. The Morgan fingerprint density at radius 3 is 2.15 bits per heavy atom. The standard InChI is InChI=1S/C15H23F3N2/c1-13(2,3)20-9-7-14(4,5)12-10-19-8-6-11(12)15(16,17)18/h6,8,10,20H,7,9H2,1-5H3. The summed E-state index contributed by atoms with van der Waals surface area (Å²) >= 11 is 0. The first-order chi connectivity index (χ1) is 8.93. The maximum absolute atomic E-state index is 13.0. The zero-order chi connectivity index (χ0) is 15.6. The highest BCUT2D eigenvalue weighted by Crippen LogP contribution is 2.38. The van der Waals surface area contributed by atoms with Gasteiger partial charge in [-0.3, -0.25) is 4.98 Å². The van der Waals surface area contributed by atoms with Gasteiger partial charge < -0.3 is 5.32 Å². The van der Waals surface area contributed by atoms with E-state index in [1.54, 1.807) is 0 Å². The van der Waals surface area contributed by atoms with Gasteiger partial charge in [0.1, 0.15) is 0 Å². The predicted octanol–water partition coefficient (Wildman–Crippen LogP) is 4.16. The molecule has 1 aromatic heterocycles. The summed E-state index contributed by atoms with van der Waals surface area (Å²) in [6, 6.07) is 1.05. The van der Waals surface area contributed by atoms with Gasteiger partial charge in [0, 0.05) is 17.9 Å². The SMILES string of the molecule is CC(C)(C)NCCC(C)(C)c1cnccc1C(F)(F)F. The normalized spacial score (nSPS) is 13.6. The van der Waals surface area contributed by atoms with Crippen LogP contribution in [0.25, 0.3) is 0 Å². The molecule has 1 N–H and O–H groups in total. The third kappa shape index (κ3) is 4.78. The molecular weight excluding hydrogens is 265 g/mol. The van der Waals surface area contributed by atoms with Crippen molar-refractivity contribution in [3.8, 4) is 0 Å². The van der Waals surface area contributed by atoms with Crippen LogP contribution in [-0.4, -0.2) is 17.1 Å². The lowest BCUT2D eigenvalue weighted by Crippen LogP contribution is -2.38. The molecular formula is C15H23F3N2. The molecule has 5 heteroatoms. The number of rotatable bonds is 4. The average molecular weight is 288 g/mol. The van der Waals surface area contributed by atoms with Crippen molar-refractivity contribution in [2.75, 3.05) is 6.54 Å². The number of alkyl halides is 3. The van der Waals surface area contributed by atoms with Crippen LogP contribution in [0.3, 0.4) is 0 Å². The van der Waals surface area contributed by atoms with E-state index in [0.29, 0.717) is 13.0 Å². The first kappa shape index (κ1) is 17.0. The van der Waals surface area contributed by atoms with Gasteiger partial charge in [-0.2, -0.15) is 13.2 Å². The number of nitrogens with zero attached hydrogens (tertiary/aromatic N) is 1. The molecule has 0 bridgehead atoms. The second-order valence-electron chi connectivity index (χ2n) is 6.73. The van der Waals surface area contributed by atoms with E-state index in [2.05, 4.69) is 10.3 Å². The molecule has 1 heterocycles. The lowest BCUT2D eigenvalue weighted by molar-refractivity contribution is -0.138. The van der Waals surface area contributed by atoms with E-state index in [1.807, 2.05) is 34.6 Å². The second-order valence-corrected chi connectivity index (χ2v) is 6.73. The van der Waals surface area contributed by atoms with Crippen LogP contribution in [0.4, 0.5) is 13.2 Å². The molecule has 0 amide bonds. The molecule has 0 aliphatic heterocycles. The van der Waals surface area contributed by atoms with Gasteiger partial charge in [-0.15, -0.1) is 0 Å². The highest BCUT2D eigenvalue weighted by Gasteiger charge is 2.37. The number of nitrogens with one attached hydrogen (secondary N) is 1. The van der Waals surface area contributed by atoms with Crippen LogP contribution >= 0.6 is 0 Å². The molecule has 0 unspecified atom stereocenters. The summed E-state index contributed by atoms with van der Waals surface area (Å²) in [6.45, 7) is 10.4. The smallest absolute Gasteiger partial charge is 0.312 e. The third-order valence-electron chi connectivity index (χ3n) is 3.26. The van der Waals surface area contributed by atoms with Crippen molar-refractivity contribution in [3.63, 3.8) is 0 Å². The van der Waals surface area contributed by atoms with Gasteiger partial charge in [0.15, 0.2) is 0 Å². The van der Waals surface area contributed by atoms with Crippen molar-refractivity contribution in [1.82, 2.24) is 10.3 Å². The highest BCUT2D eigenvalue weighted by molar-refractivity contribution is 5.32. The summed E-state index contributed by atoms with van der Waals surface area (Å²) < 4.78 is 39.1. The minimum Gasteiger partial charge on any atom is -0.312 e. The predicted molar refractivity (Wildman–Crippen MR) is 74.6 cm³/mol. The largest absolute Gasteiger partial charge is 0.416 e. The number of hydrogen-bond acceptors (Lipinski definition) is 2. The van der Waals surface area contributed by atoms with Crippen LogP contribution in [0.2, 0.25) is 0 Å². The Balaban J connectivity index is 2.93. The summed E-state index contributed by atoms with van der Waals surface area (Å²) in [5, 5.41) is 3.30. The van der Waals surface area contributed by atoms with Crippen LogP contribution in [0.1, 0.15) is 52.2 Å².